The smallest absolute Gasteiger partial charge is 0.341 e. The number of hydrogen-bond donors (Lipinski definition) is 1. The SMILES string of the molecule is COC(=O)c1ccccc1OC(C=O)OCO. The van der Waals surface area contributed by atoms with Gasteiger partial charge in [-0.25, -0.2) is 4.79 Å². The number of carbonyl (C=O) groups excluding carboxylic acids is 2. The summed E-state index contributed by atoms with van der Waals surface area (Å²) in [6.45, 7) is -0.663. The predicted molar refractivity (Wildman–Crippen MR) is 56.4 cm³/mol. The third-order valence-corrected chi connectivity index (χ3v) is 1.89. The van der Waals surface area contributed by atoms with Gasteiger partial charge in [-0.3, -0.25) is 4.79 Å². The van der Waals surface area contributed by atoms with Crippen LogP contribution in [0.15, 0.2) is 24.3 Å². The molecule has 17 heavy (non-hydrogen) atoms. The molecule has 0 bridgehead atoms. The molecule has 92 valence electrons. The lowest BCUT2D eigenvalue weighted by Gasteiger charge is -2.14. The van der Waals surface area contributed by atoms with E-state index >= 15 is 0 Å². The molecule has 0 aliphatic rings. The fourth-order valence-corrected chi connectivity index (χ4v) is 1.15. The van der Waals surface area contributed by atoms with Crippen LogP contribution in [0.5, 0.6) is 5.75 Å². The van der Waals surface area contributed by atoms with Crippen LogP contribution in [0.3, 0.4) is 0 Å². The molecular formula is C11H12O6. The first kappa shape index (κ1) is 13.1. The molecule has 1 unspecified atom stereocenters. The lowest BCUT2D eigenvalue weighted by atomic mass is 10.2. The summed E-state index contributed by atoms with van der Waals surface area (Å²) in [4.78, 5) is 22.0. The predicted octanol–water partition coefficient (Wildman–Crippen LogP) is 0.343. The molecule has 0 aromatic heterocycles. The van der Waals surface area contributed by atoms with Gasteiger partial charge in [0.1, 0.15) is 18.1 Å². The van der Waals surface area contributed by atoms with E-state index in [-0.39, 0.29) is 11.3 Å². The topological polar surface area (TPSA) is 82.1 Å². The Morgan fingerprint density at radius 1 is 1.47 bits per heavy atom. The summed E-state index contributed by atoms with van der Waals surface area (Å²) >= 11 is 0. The number of rotatable bonds is 6. The second-order valence-electron chi connectivity index (χ2n) is 2.91. The van der Waals surface area contributed by atoms with Crippen LogP contribution >= 0.6 is 0 Å². The number of hydrogen-bond acceptors (Lipinski definition) is 6. The highest BCUT2D eigenvalue weighted by atomic mass is 16.7. The largest absolute Gasteiger partial charge is 0.465 e. The zero-order chi connectivity index (χ0) is 12.7. The van der Waals surface area contributed by atoms with Gasteiger partial charge in [0.25, 0.3) is 6.29 Å². The van der Waals surface area contributed by atoms with Gasteiger partial charge in [0, 0.05) is 0 Å². The quantitative estimate of drug-likeness (QED) is 0.438. The Balaban J connectivity index is 2.89. The van der Waals surface area contributed by atoms with E-state index < -0.39 is 19.1 Å². The Morgan fingerprint density at radius 3 is 2.76 bits per heavy atom. The Kier molecular flexibility index (Phi) is 5.12. The van der Waals surface area contributed by atoms with Gasteiger partial charge in [0.15, 0.2) is 6.29 Å². The van der Waals surface area contributed by atoms with E-state index in [0.29, 0.717) is 6.29 Å². The van der Waals surface area contributed by atoms with Gasteiger partial charge >= 0.3 is 5.97 Å². The minimum absolute atomic E-state index is 0.143. The van der Waals surface area contributed by atoms with Gasteiger partial charge in [-0.15, -0.1) is 0 Å². The normalized spacial score (nSPS) is 11.6. The third-order valence-electron chi connectivity index (χ3n) is 1.89. The van der Waals surface area contributed by atoms with Crippen LogP contribution < -0.4 is 4.74 Å². The third kappa shape index (κ3) is 3.54. The van der Waals surface area contributed by atoms with E-state index in [9.17, 15) is 9.59 Å². The number of carbonyl (C=O) groups is 2. The molecule has 0 aliphatic carbocycles. The maximum atomic E-state index is 11.4. The van der Waals surface area contributed by atoms with E-state index in [1.54, 1.807) is 12.1 Å². The van der Waals surface area contributed by atoms with Crippen LogP contribution in [0.2, 0.25) is 0 Å². The Morgan fingerprint density at radius 2 is 2.18 bits per heavy atom. The van der Waals surface area contributed by atoms with Crippen molar-refractivity contribution >= 4 is 12.3 Å². The van der Waals surface area contributed by atoms with Crippen LogP contribution in [-0.2, 0) is 14.3 Å². The highest BCUT2D eigenvalue weighted by molar-refractivity contribution is 5.92. The van der Waals surface area contributed by atoms with Crippen molar-refractivity contribution in [1.82, 2.24) is 0 Å². The second-order valence-corrected chi connectivity index (χ2v) is 2.91. The van der Waals surface area contributed by atoms with Crippen molar-refractivity contribution < 1.29 is 28.9 Å². The lowest BCUT2D eigenvalue weighted by Crippen LogP contribution is -2.23. The zero-order valence-corrected chi connectivity index (χ0v) is 9.16. The first-order chi connectivity index (χ1) is 8.22. The molecule has 0 fully saturated rings. The summed E-state index contributed by atoms with van der Waals surface area (Å²) in [6, 6.07) is 6.23. The molecule has 0 saturated carbocycles. The van der Waals surface area contributed by atoms with Crippen LogP contribution in [0.1, 0.15) is 10.4 Å². The molecule has 6 heteroatoms. The van der Waals surface area contributed by atoms with Crippen molar-refractivity contribution in [2.75, 3.05) is 13.9 Å². The summed E-state index contributed by atoms with van der Waals surface area (Å²) in [6.07, 6.45) is -0.907. The van der Waals surface area contributed by atoms with E-state index in [1.165, 1.54) is 19.2 Å². The molecule has 1 N–H and O–H groups in total. The molecular weight excluding hydrogens is 228 g/mol. The van der Waals surface area contributed by atoms with Gasteiger partial charge < -0.3 is 19.3 Å². The van der Waals surface area contributed by atoms with Gasteiger partial charge in [-0.2, -0.15) is 0 Å². The van der Waals surface area contributed by atoms with Crippen molar-refractivity contribution in [3.05, 3.63) is 29.8 Å². The number of para-hydroxylation sites is 1. The molecule has 1 aromatic rings. The Labute approximate surface area is 97.7 Å². The fraction of sp³-hybridized carbons (Fsp3) is 0.273. The molecule has 6 nitrogen and oxygen atoms in total. The van der Waals surface area contributed by atoms with Gasteiger partial charge in [-0.1, -0.05) is 12.1 Å². The molecule has 0 heterocycles. The lowest BCUT2D eigenvalue weighted by molar-refractivity contribution is -0.153. The van der Waals surface area contributed by atoms with E-state index in [1.807, 2.05) is 0 Å². The minimum Gasteiger partial charge on any atom is -0.465 e. The van der Waals surface area contributed by atoms with Crippen LogP contribution in [0, 0.1) is 0 Å². The van der Waals surface area contributed by atoms with Gasteiger partial charge in [-0.05, 0) is 12.1 Å². The fourth-order valence-electron chi connectivity index (χ4n) is 1.15. The molecule has 1 rings (SSSR count). The molecule has 0 amide bonds. The van der Waals surface area contributed by atoms with Crippen LogP contribution in [0.4, 0.5) is 0 Å². The maximum absolute atomic E-state index is 11.4. The molecule has 0 aliphatic heterocycles. The number of ether oxygens (including phenoxy) is 3. The first-order valence-electron chi connectivity index (χ1n) is 4.74. The number of aliphatic hydroxyl groups excluding tert-OH is 1. The molecule has 1 atom stereocenters. The highest BCUT2D eigenvalue weighted by Crippen LogP contribution is 2.20. The monoisotopic (exact) mass is 240 g/mol. The summed E-state index contributed by atoms with van der Waals surface area (Å²) in [5.41, 5.74) is 0.170. The van der Waals surface area contributed by atoms with E-state index in [0.717, 1.165) is 0 Å². The first-order valence-corrected chi connectivity index (χ1v) is 4.74. The Hall–Kier alpha value is -1.92. The van der Waals surface area contributed by atoms with E-state index in [2.05, 4.69) is 9.47 Å². The van der Waals surface area contributed by atoms with Gasteiger partial charge in [0.2, 0.25) is 0 Å². The van der Waals surface area contributed by atoms with Crippen molar-refractivity contribution in [1.29, 1.82) is 0 Å². The summed E-state index contributed by atoms with van der Waals surface area (Å²) in [5, 5.41) is 8.52. The zero-order valence-electron chi connectivity index (χ0n) is 9.16. The van der Waals surface area contributed by atoms with Crippen molar-refractivity contribution in [3.63, 3.8) is 0 Å². The minimum atomic E-state index is -1.27. The standard InChI is InChI=1S/C11H12O6/c1-15-11(14)8-4-2-3-5-9(8)17-10(6-12)16-7-13/h2-6,10,13H,7H2,1H3. The van der Waals surface area contributed by atoms with Crippen molar-refractivity contribution in [3.8, 4) is 5.75 Å². The van der Waals surface area contributed by atoms with Gasteiger partial charge in [0.05, 0.1) is 7.11 Å². The summed E-state index contributed by atoms with van der Waals surface area (Å²) in [5.74, 6) is -0.445. The van der Waals surface area contributed by atoms with Crippen LogP contribution in [0.25, 0.3) is 0 Å². The number of aldehydes is 1. The number of methoxy groups -OCH3 is 1. The number of aliphatic hydroxyl groups is 1. The summed E-state index contributed by atoms with van der Waals surface area (Å²) in [7, 11) is 1.24. The van der Waals surface area contributed by atoms with Crippen molar-refractivity contribution in [2.24, 2.45) is 0 Å². The van der Waals surface area contributed by atoms with E-state index in [4.69, 9.17) is 9.84 Å². The summed E-state index contributed by atoms with van der Waals surface area (Å²) < 4.78 is 14.2. The highest BCUT2D eigenvalue weighted by Gasteiger charge is 2.16. The Bertz CT molecular complexity index is 389. The molecule has 0 saturated heterocycles. The number of esters is 1. The molecule has 0 spiro atoms. The molecule has 1 aromatic carbocycles. The average Bonchev–Trinajstić information content (AvgIpc) is 2.38. The van der Waals surface area contributed by atoms with Crippen molar-refractivity contribution in [2.45, 2.75) is 6.29 Å². The van der Waals surface area contributed by atoms with Crippen LogP contribution in [-0.4, -0.2) is 37.6 Å². The maximum Gasteiger partial charge on any atom is 0.341 e. The number of benzene rings is 1. The second kappa shape index (κ2) is 6.62. The molecule has 0 radical (unpaired) electrons. The average molecular weight is 240 g/mol.